The molecule has 0 saturated carbocycles. The van der Waals surface area contributed by atoms with Crippen molar-refractivity contribution in [3.8, 4) is 0 Å². The zero-order valence-corrected chi connectivity index (χ0v) is 8.53. The second-order valence-electron chi connectivity index (χ2n) is 3.55. The van der Waals surface area contributed by atoms with E-state index >= 15 is 0 Å². The van der Waals surface area contributed by atoms with E-state index in [0.717, 1.165) is 0 Å². The summed E-state index contributed by atoms with van der Waals surface area (Å²) in [7, 11) is 1.56. The second-order valence-corrected chi connectivity index (χ2v) is 3.55. The van der Waals surface area contributed by atoms with Gasteiger partial charge in [0.2, 0.25) is 0 Å². The molecule has 0 aromatic heterocycles. The van der Waals surface area contributed by atoms with Gasteiger partial charge in [-0.2, -0.15) is 0 Å². The topological polar surface area (TPSA) is 67.8 Å². The molecule has 5 heteroatoms. The molecule has 0 spiro atoms. The van der Waals surface area contributed by atoms with Gasteiger partial charge in [0, 0.05) is 20.1 Å². The van der Waals surface area contributed by atoms with Crippen LogP contribution in [0.3, 0.4) is 0 Å². The van der Waals surface area contributed by atoms with Crippen LogP contribution in [0, 0.1) is 0 Å². The molecule has 2 N–H and O–H groups in total. The van der Waals surface area contributed by atoms with Crippen molar-refractivity contribution in [3.05, 3.63) is 0 Å². The summed E-state index contributed by atoms with van der Waals surface area (Å²) in [5, 5.41) is 12.1. The van der Waals surface area contributed by atoms with Gasteiger partial charge in [-0.25, -0.2) is 0 Å². The molecule has 3 atom stereocenters. The molecule has 14 heavy (non-hydrogen) atoms. The molecule has 0 bridgehead atoms. The molecule has 1 saturated heterocycles. The average Bonchev–Trinajstić information content (AvgIpc) is 2.52. The Hall–Kier alpha value is -0.650. The van der Waals surface area contributed by atoms with E-state index in [1.807, 2.05) is 0 Å². The molecule has 1 aliphatic rings. The van der Waals surface area contributed by atoms with E-state index in [2.05, 4.69) is 5.32 Å². The lowest BCUT2D eigenvalue weighted by Gasteiger charge is -2.15. The van der Waals surface area contributed by atoms with E-state index in [1.54, 1.807) is 14.0 Å². The number of hydrogen-bond acceptors (Lipinski definition) is 5. The Morgan fingerprint density at radius 2 is 2.43 bits per heavy atom. The Labute approximate surface area is 83.4 Å². The van der Waals surface area contributed by atoms with Crippen LogP contribution in [-0.2, 0) is 14.3 Å². The molecule has 0 aromatic carbocycles. The van der Waals surface area contributed by atoms with Crippen molar-refractivity contribution in [2.24, 2.45) is 0 Å². The van der Waals surface area contributed by atoms with Crippen LogP contribution in [0.5, 0.6) is 0 Å². The molecule has 82 valence electrons. The maximum absolute atomic E-state index is 11.4. The van der Waals surface area contributed by atoms with Gasteiger partial charge in [0.05, 0.1) is 12.7 Å². The van der Waals surface area contributed by atoms with Crippen LogP contribution in [-0.4, -0.2) is 49.6 Å². The highest BCUT2D eigenvalue weighted by Gasteiger charge is 2.30. The zero-order chi connectivity index (χ0) is 10.6. The third kappa shape index (κ3) is 3.25. The summed E-state index contributed by atoms with van der Waals surface area (Å²) in [6.45, 7) is 2.62. The first kappa shape index (κ1) is 11.4. The summed E-state index contributed by atoms with van der Waals surface area (Å²) in [5.41, 5.74) is 0. The van der Waals surface area contributed by atoms with Crippen molar-refractivity contribution < 1.29 is 19.4 Å². The van der Waals surface area contributed by atoms with E-state index in [0.29, 0.717) is 19.6 Å². The highest BCUT2D eigenvalue weighted by atomic mass is 16.6. The van der Waals surface area contributed by atoms with Gasteiger partial charge in [-0.05, 0) is 6.92 Å². The summed E-state index contributed by atoms with van der Waals surface area (Å²) in [6, 6.07) is -0.371. The number of esters is 1. The first-order chi connectivity index (χ1) is 6.63. The summed E-state index contributed by atoms with van der Waals surface area (Å²) in [5.74, 6) is -0.314. The fraction of sp³-hybridized carbons (Fsp3) is 0.889. The quantitative estimate of drug-likeness (QED) is 0.591. The number of β-amino-alcohol motifs (C(OH)–C–C–N with tert-alkyl or cyclic N) is 1. The van der Waals surface area contributed by atoms with Crippen molar-refractivity contribution in [1.82, 2.24) is 5.32 Å². The van der Waals surface area contributed by atoms with E-state index < -0.39 is 6.10 Å². The molecule has 1 rings (SSSR count). The fourth-order valence-corrected chi connectivity index (χ4v) is 1.45. The van der Waals surface area contributed by atoms with Crippen molar-refractivity contribution in [2.45, 2.75) is 31.6 Å². The Morgan fingerprint density at radius 3 is 2.93 bits per heavy atom. The lowest BCUT2D eigenvalue weighted by molar-refractivity contribution is -0.152. The zero-order valence-electron chi connectivity index (χ0n) is 8.53. The minimum absolute atomic E-state index is 0.243. The van der Waals surface area contributed by atoms with Crippen LogP contribution in [0.4, 0.5) is 0 Å². The first-order valence-corrected chi connectivity index (χ1v) is 4.74. The van der Waals surface area contributed by atoms with Gasteiger partial charge in [-0.15, -0.1) is 0 Å². The lowest BCUT2D eigenvalue weighted by atomic mass is 10.2. The van der Waals surface area contributed by atoms with E-state index in [9.17, 15) is 9.90 Å². The number of carbonyl (C=O) groups is 1. The molecule has 1 heterocycles. The average molecular weight is 203 g/mol. The van der Waals surface area contributed by atoms with Gasteiger partial charge in [0.25, 0.3) is 0 Å². The predicted octanol–water partition coefficient (Wildman–Crippen LogP) is -0.713. The molecule has 5 nitrogen and oxygen atoms in total. The summed E-state index contributed by atoms with van der Waals surface area (Å²) >= 11 is 0. The lowest BCUT2D eigenvalue weighted by Crippen LogP contribution is -2.35. The number of methoxy groups -OCH3 is 1. The Bertz CT molecular complexity index is 197. The number of rotatable bonds is 4. The summed E-state index contributed by atoms with van der Waals surface area (Å²) in [4.78, 5) is 11.4. The number of carbonyl (C=O) groups excluding carboxylic acids is 1. The van der Waals surface area contributed by atoms with Crippen molar-refractivity contribution >= 4 is 5.97 Å². The second kappa shape index (κ2) is 5.29. The largest absolute Gasteiger partial charge is 0.459 e. The maximum Gasteiger partial charge on any atom is 0.323 e. The molecule has 0 radical (unpaired) electrons. The van der Waals surface area contributed by atoms with Gasteiger partial charge in [0.15, 0.2) is 0 Å². The third-order valence-corrected chi connectivity index (χ3v) is 2.11. The van der Waals surface area contributed by atoms with E-state index in [1.165, 1.54) is 0 Å². The van der Waals surface area contributed by atoms with Crippen LogP contribution in [0.2, 0.25) is 0 Å². The van der Waals surface area contributed by atoms with Crippen LogP contribution in [0.1, 0.15) is 13.3 Å². The summed E-state index contributed by atoms with van der Waals surface area (Å²) < 4.78 is 9.93. The van der Waals surface area contributed by atoms with Gasteiger partial charge in [-0.3, -0.25) is 4.79 Å². The number of aliphatic hydroxyl groups is 1. The molecule has 0 amide bonds. The highest BCUT2D eigenvalue weighted by molar-refractivity contribution is 5.76. The molecular formula is C9H17NO4. The fourth-order valence-electron chi connectivity index (χ4n) is 1.45. The molecule has 0 aliphatic carbocycles. The number of ether oxygens (including phenoxy) is 2. The SMILES string of the molecule is COCC(C)OC(=O)[C@@H]1CC(O)CN1. The smallest absolute Gasteiger partial charge is 0.323 e. The number of nitrogens with one attached hydrogen (secondary N) is 1. The Balaban J connectivity index is 2.27. The Kier molecular flexibility index (Phi) is 4.31. The van der Waals surface area contributed by atoms with E-state index in [-0.39, 0.29) is 18.1 Å². The van der Waals surface area contributed by atoms with Crippen molar-refractivity contribution in [2.75, 3.05) is 20.3 Å². The third-order valence-electron chi connectivity index (χ3n) is 2.11. The van der Waals surface area contributed by atoms with Crippen LogP contribution < -0.4 is 5.32 Å². The monoisotopic (exact) mass is 203 g/mol. The van der Waals surface area contributed by atoms with Crippen LogP contribution in [0.15, 0.2) is 0 Å². The molecule has 0 aromatic rings. The minimum atomic E-state index is -0.440. The normalized spacial score (nSPS) is 28.8. The van der Waals surface area contributed by atoms with Crippen LogP contribution in [0.25, 0.3) is 0 Å². The van der Waals surface area contributed by atoms with Gasteiger partial charge < -0.3 is 19.9 Å². The van der Waals surface area contributed by atoms with Crippen LogP contribution >= 0.6 is 0 Å². The first-order valence-electron chi connectivity index (χ1n) is 4.74. The minimum Gasteiger partial charge on any atom is -0.459 e. The predicted molar refractivity (Wildman–Crippen MR) is 49.8 cm³/mol. The van der Waals surface area contributed by atoms with Crippen molar-refractivity contribution in [3.63, 3.8) is 0 Å². The standard InChI is InChI=1S/C9H17NO4/c1-6(5-13-2)14-9(12)8-3-7(11)4-10-8/h6-8,10-11H,3-5H2,1-2H3/t6?,7?,8-/m0/s1. The molecule has 1 fully saturated rings. The van der Waals surface area contributed by atoms with Gasteiger partial charge in [-0.1, -0.05) is 0 Å². The number of hydrogen-bond donors (Lipinski definition) is 2. The molecular weight excluding hydrogens is 186 g/mol. The number of aliphatic hydroxyl groups excluding tert-OH is 1. The summed E-state index contributed by atoms with van der Waals surface area (Å²) in [6.07, 6.45) is -0.254. The highest BCUT2D eigenvalue weighted by Crippen LogP contribution is 2.08. The van der Waals surface area contributed by atoms with Gasteiger partial charge in [0.1, 0.15) is 12.1 Å². The van der Waals surface area contributed by atoms with E-state index in [4.69, 9.17) is 9.47 Å². The van der Waals surface area contributed by atoms with Crippen molar-refractivity contribution in [1.29, 1.82) is 0 Å². The molecule has 2 unspecified atom stereocenters. The Morgan fingerprint density at radius 1 is 1.71 bits per heavy atom. The van der Waals surface area contributed by atoms with Gasteiger partial charge >= 0.3 is 5.97 Å². The molecule has 1 aliphatic heterocycles. The maximum atomic E-state index is 11.4.